The van der Waals surface area contributed by atoms with Crippen molar-refractivity contribution in [3.05, 3.63) is 18.1 Å². The van der Waals surface area contributed by atoms with Gasteiger partial charge in [0, 0.05) is 25.4 Å². The SMILES string of the molecule is Cc1c(-c2c(N)cnn2C)cnn1C. The van der Waals surface area contributed by atoms with E-state index in [4.69, 9.17) is 5.73 Å². The summed E-state index contributed by atoms with van der Waals surface area (Å²) in [5.41, 5.74) is 9.56. The zero-order chi connectivity index (χ0) is 10.3. The lowest BCUT2D eigenvalue weighted by atomic mass is 10.2. The monoisotopic (exact) mass is 191 g/mol. The van der Waals surface area contributed by atoms with Gasteiger partial charge < -0.3 is 5.73 Å². The van der Waals surface area contributed by atoms with E-state index in [1.165, 1.54) is 0 Å². The van der Waals surface area contributed by atoms with Crippen molar-refractivity contribution in [1.82, 2.24) is 19.6 Å². The summed E-state index contributed by atoms with van der Waals surface area (Å²) >= 11 is 0. The largest absolute Gasteiger partial charge is 0.396 e. The van der Waals surface area contributed by atoms with E-state index in [2.05, 4.69) is 10.2 Å². The van der Waals surface area contributed by atoms with Gasteiger partial charge in [-0.15, -0.1) is 0 Å². The first-order chi connectivity index (χ1) is 6.61. The fraction of sp³-hybridized carbons (Fsp3) is 0.333. The third kappa shape index (κ3) is 1.09. The molecule has 5 heteroatoms. The first-order valence-corrected chi connectivity index (χ1v) is 4.37. The van der Waals surface area contributed by atoms with Crippen molar-refractivity contribution in [3.8, 4) is 11.3 Å². The summed E-state index contributed by atoms with van der Waals surface area (Å²) in [5, 5.41) is 8.27. The van der Waals surface area contributed by atoms with Gasteiger partial charge >= 0.3 is 0 Å². The molecular weight excluding hydrogens is 178 g/mol. The zero-order valence-electron chi connectivity index (χ0n) is 8.52. The van der Waals surface area contributed by atoms with E-state index in [1.807, 2.05) is 31.9 Å². The number of anilines is 1. The number of nitrogens with zero attached hydrogens (tertiary/aromatic N) is 4. The van der Waals surface area contributed by atoms with E-state index in [9.17, 15) is 0 Å². The maximum atomic E-state index is 5.83. The summed E-state index contributed by atoms with van der Waals surface area (Å²) in [6, 6.07) is 0. The Kier molecular flexibility index (Phi) is 1.80. The zero-order valence-corrected chi connectivity index (χ0v) is 8.52. The van der Waals surface area contributed by atoms with Crippen LogP contribution in [0.25, 0.3) is 11.3 Å². The van der Waals surface area contributed by atoms with Crippen molar-refractivity contribution in [2.75, 3.05) is 5.73 Å². The number of aryl methyl sites for hydroxylation is 2. The number of hydrogen-bond donors (Lipinski definition) is 1. The lowest BCUT2D eigenvalue weighted by Crippen LogP contribution is -1.98. The lowest BCUT2D eigenvalue weighted by molar-refractivity contribution is 0.739. The highest BCUT2D eigenvalue weighted by Crippen LogP contribution is 2.26. The first kappa shape index (κ1) is 8.80. The van der Waals surface area contributed by atoms with E-state index in [0.29, 0.717) is 5.69 Å². The van der Waals surface area contributed by atoms with Crippen molar-refractivity contribution in [2.45, 2.75) is 6.92 Å². The van der Waals surface area contributed by atoms with Crippen molar-refractivity contribution in [1.29, 1.82) is 0 Å². The number of hydrogen-bond acceptors (Lipinski definition) is 3. The molecule has 14 heavy (non-hydrogen) atoms. The number of aromatic nitrogens is 4. The maximum Gasteiger partial charge on any atom is 0.0942 e. The molecule has 0 aliphatic carbocycles. The van der Waals surface area contributed by atoms with Gasteiger partial charge in [-0.05, 0) is 6.92 Å². The molecule has 0 saturated carbocycles. The quantitative estimate of drug-likeness (QED) is 0.722. The molecule has 2 aromatic rings. The lowest BCUT2D eigenvalue weighted by Gasteiger charge is -2.02. The van der Waals surface area contributed by atoms with Gasteiger partial charge in [0.05, 0.1) is 23.8 Å². The molecule has 0 radical (unpaired) electrons. The molecular formula is C9H13N5. The standard InChI is InChI=1S/C9H13N5/c1-6-7(4-11-13(6)2)9-8(10)5-12-14(9)3/h4-5H,10H2,1-3H3. The van der Waals surface area contributed by atoms with Gasteiger partial charge in [0.15, 0.2) is 0 Å². The Balaban J connectivity index is 2.65. The number of nitrogens with two attached hydrogens (primary N) is 1. The van der Waals surface area contributed by atoms with Crippen LogP contribution in [0.1, 0.15) is 5.69 Å². The molecule has 74 valence electrons. The van der Waals surface area contributed by atoms with Crippen molar-refractivity contribution >= 4 is 5.69 Å². The molecule has 0 bridgehead atoms. The van der Waals surface area contributed by atoms with Crippen LogP contribution in [-0.4, -0.2) is 19.6 Å². The molecule has 0 saturated heterocycles. The summed E-state index contributed by atoms with van der Waals surface area (Å²) in [4.78, 5) is 0. The molecule has 2 rings (SSSR count). The Morgan fingerprint density at radius 3 is 2.21 bits per heavy atom. The van der Waals surface area contributed by atoms with Crippen LogP contribution in [0.5, 0.6) is 0 Å². The number of nitrogen functional groups attached to an aromatic ring is 1. The van der Waals surface area contributed by atoms with Gasteiger partial charge in [0.25, 0.3) is 0 Å². The smallest absolute Gasteiger partial charge is 0.0942 e. The van der Waals surface area contributed by atoms with Crippen LogP contribution >= 0.6 is 0 Å². The molecule has 2 N–H and O–H groups in total. The third-order valence-corrected chi connectivity index (χ3v) is 2.46. The number of rotatable bonds is 1. The Hall–Kier alpha value is -1.78. The average molecular weight is 191 g/mol. The Bertz CT molecular complexity index is 446. The van der Waals surface area contributed by atoms with Gasteiger partial charge in [-0.1, -0.05) is 0 Å². The van der Waals surface area contributed by atoms with Crippen LogP contribution in [0.2, 0.25) is 0 Å². The first-order valence-electron chi connectivity index (χ1n) is 4.37. The molecule has 0 spiro atoms. The Labute approximate surface area is 82.1 Å². The fourth-order valence-corrected chi connectivity index (χ4v) is 1.52. The van der Waals surface area contributed by atoms with Crippen molar-refractivity contribution < 1.29 is 0 Å². The van der Waals surface area contributed by atoms with Crippen LogP contribution in [0.3, 0.4) is 0 Å². The van der Waals surface area contributed by atoms with Crippen LogP contribution in [0.4, 0.5) is 5.69 Å². The Morgan fingerprint density at radius 2 is 1.79 bits per heavy atom. The molecule has 0 aromatic carbocycles. The van der Waals surface area contributed by atoms with Gasteiger partial charge in [-0.2, -0.15) is 10.2 Å². The van der Waals surface area contributed by atoms with Crippen LogP contribution in [0, 0.1) is 6.92 Å². The van der Waals surface area contributed by atoms with Crippen LogP contribution < -0.4 is 5.73 Å². The molecule has 0 atom stereocenters. The van der Waals surface area contributed by atoms with Gasteiger partial charge in [-0.3, -0.25) is 9.36 Å². The molecule has 0 amide bonds. The van der Waals surface area contributed by atoms with Crippen LogP contribution in [-0.2, 0) is 14.1 Å². The van der Waals surface area contributed by atoms with E-state index in [0.717, 1.165) is 17.0 Å². The summed E-state index contributed by atoms with van der Waals surface area (Å²) in [5.74, 6) is 0. The average Bonchev–Trinajstić information content (AvgIpc) is 2.62. The molecule has 5 nitrogen and oxygen atoms in total. The minimum Gasteiger partial charge on any atom is -0.396 e. The molecule has 0 aliphatic heterocycles. The maximum absolute atomic E-state index is 5.83. The van der Waals surface area contributed by atoms with E-state index in [-0.39, 0.29) is 0 Å². The Morgan fingerprint density at radius 1 is 1.14 bits per heavy atom. The predicted octanol–water partition coefficient (Wildman–Crippen LogP) is 0.711. The molecule has 2 heterocycles. The minimum atomic E-state index is 0.684. The molecule has 2 aromatic heterocycles. The minimum absolute atomic E-state index is 0.684. The van der Waals surface area contributed by atoms with E-state index in [1.54, 1.807) is 10.9 Å². The normalized spacial score (nSPS) is 10.8. The highest BCUT2D eigenvalue weighted by atomic mass is 15.3. The van der Waals surface area contributed by atoms with Gasteiger partial charge in [0.2, 0.25) is 0 Å². The fourth-order valence-electron chi connectivity index (χ4n) is 1.52. The summed E-state index contributed by atoms with van der Waals surface area (Å²) < 4.78 is 3.58. The van der Waals surface area contributed by atoms with E-state index >= 15 is 0 Å². The van der Waals surface area contributed by atoms with Crippen molar-refractivity contribution in [3.63, 3.8) is 0 Å². The summed E-state index contributed by atoms with van der Waals surface area (Å²) in [6.07, 6.45) is 3.46. The molecule has 0 aliphatic rings. The van der Waals surface area contributed by atoms with Gasteiger partial charge in [0.1, 0.15) is 0 Å². The molecule has 0 unspecified atom stereocenters. The van der Waals surface area contributed by atoms with Crippen molar-refractivity contribution in [2.24, 2.45) is 14.1 Å². The second-order valence-corrected chi connectivity index (χ2v) is 3.34. The second-order valence-electron chi connectivity index (χ2n) is 3.34. The second kappa shape index (κ2) is 2.87. The topological polar surface area (TPSA) is 61.7 Å². The highest BCUT2D eigenvalue weighted by Gasteiger charge is 2.13. The highest BCUT2D eigenvalue weighted by molar-refractivity contribution is 5.73. The van der Waals surface area contributed by atoms with Crippen LogP contribution in [0.15, 0.2) is 12.4 Å². The third-order valence-electron chi connectivity index (χ3n) is 2.46. The summed E-state index contributed by atoms with van der Waals surface area (Å²) in [7, 11) is 3.78. The predicted molar refractivity (Wildman–Crippen MR) is 54.6 cm³/mol. The van der Waals surface area contributed by atoms with Gasteiger partial charge in [-0.25, -0.2) is 0 Å². The summed E-state index contributed by atoms with van der Waals surface area (Å²) in [6.45, 7) is 2.01. The molecule has 0 fully saturated rings. The van der Waals surface area contributed by atoms with E-state index < -0.39 is 0 Å².